The SMILES string of the molecule is CC(O)N1CCN(Cc2cncn2C(C)c2ccccc2-c2ccc(F)cc2)CC1. The van der Waals surface area contributed by atoms with Gasteiger partial charge in [0.2, 0.25) is 0 Å². The molecular weight excluding hydrogens is 379 g/mol. The molecule has 1 N–H and O–H groups in total. The molecule has 1 saturated heterocycles. The molecule has 158 valence electrons. The fourth-order valence-electron chi connectivity index (χ4n) is 4.23. The van der Waals surface area contributed by atoms with E-state index in [4.69, 9.17) is 0 Å². The van der Waals surface area contributed by atoms with E-state index in [-0.39, 0.29) is 18.1 Å². The van der Waals surface area contributed by atoms with Gasteiger partial charge < -0.3 is 9.67 Å². The van der Waals surface area contributed by atoms with Crippen molar-refractivity contribution in [3.63, 3.8) is 0 Å². The molecule has 2 heterocycles. The van der Waals surface area contributed by atoms with E-state index in [1.807, 2.05) is 43.7 Å². The summed E-state index contributed by atoms with van der Waals surface area (Å²) in [6, 6.07) is 15.1. The molecule has 0 saturated carbocycles. The van der Waals surface area contributed by atoms with Gasteiger partial charge in [-0.05, 0) is 42.7 Å². The molecule has 2 atom stereocenters. The molecule has 1 aliphatic rings. The molecule has 0 radical (unpaired) electrons. The normalized spacial score (nSPS) is 17.7. The maximum atomic E-state index is 13.4. The van der Waals surface area contributed by atoms with Crippen LogP contribution in [0.15, 0.2) is 61.1 Å². The van der Waals surface area contributed by atoms with Crippen LogP contribution in [-0.2, 0) is 6.54 Å². The number of rotatable bonds is 6. The lowest BCUT2D eigenvalue weighted by molar-refractivity contribution is -0.0145. The van der Waals surface area contributed by atoms with Crippen molar-refractivity contribution in [3.05, 3.63) is 78.1 Å². The number of aliphatic hydroxyl groups is 1. The van der Waals surface area contributed by atoms with E-state index in [1.165, 1.54) is 23.4 Å². The van der Waals surface area contributed by atoms with E-state index in [2.05, 4.69) is 38.4 Å². The Hall–Kier alpha value is -2.54. The molecule has 4 rings (SSSR count). The minimum Gasteiger partial charge on any atom is -0.379 e. The third-order valence-electron chi connectivity index (χ3n) is 6.05. The zero-order valence-corrected chi connectivity index (χ0v) is 17.6. The molecular formula is C24H29FN4O. The highest BCUT2D eigenvalue weighted by Crippen LogP contribution is 2.31. The third-order valence-corrected chi connectivity index (χ3v) is 6.05. The lowest BCUT2D eigenvalue weighted by atomic mass is 9.95. The van der Waals surface area contributed by atoms with Crippen molar-refractivity contribution in [3.8, 4) is 11.1 Å². The van der Waals surface area contributed by atoms with Crippen LogP contribution < -0.4 is 0 Å². The lowest BCUT2D eigenvalue weighted by Gasteiger charge is -2.36. The number of hydrogen-bond donors (Lipinski definition) is 1. The van der Waals surface area contributed by atoms with Gasteiger partial charge in [0.05, 0.1) is 18.1 Å². The molecule has 2 unspecified atom stereocenters. The van der Waals surface area contributed by atoms with Crippen molar-refractivity contribution in [1.82, 2.24) is 19.4 Å². The maximum Gasteiger partial charge on any atom is 0.123 e. The molecule has 3 aromatic rings. The van der Waals surface area contributed by atoms with Crippen molar-refractivity contribution in [2.75, 3.05) is 26.2 Å². The zero-order chi connectivity index (χ0) is 21.1. The monoisotopic (exact) mass is 408 g/mol. The van der Waals surface area contributed by atoms with Gasteiger partial charge in [0.15, 0.2) is 0 Å². The van der Waals surface area contributed by atoms with Crippen LogP contribution in [0, 0.1) is 5.82 Å². The van der Waals surface area contributed by atoms with Crippen LogP contribution in [0.4, 0.5) is 4.39 Å². The second kappa shape index (κ2) is 9.08. The third kappa shape index (κ3) is 4.46. The molecule has 1 fully saturated rings. The lowest BCUT2D eigenvalue weighted by Crippen LogP contribution is -2.49. The number of halogens is 1. The summed E-state index contributed by atoms with van der Waals surface area (Å²) >= 11 is 0. The highest BCUT2D eigenvalue weighted by Gasteiger charge is 2.22. The molecule has 0 spiro atoms. The van der Waals surface area contributed by atoms with Gasteiger partial charge in [-0.3, -0.25) is 9.80 Å². The fourth-order valence-corrected chi connectivity index (χ4v) is 4.23. The van der Waals surface area contributed by atoms with E-state index in [0.29, 0.717) is 0 Å². The Kier molecular flexibility index (Phi) is 6.27. The number of aliphatic hydroxyl groups excluding tert-OH is 1. The standard InChI is InChI=1S/C24H29FN4O/c1-18(23-5-3-4-6-24(23)20-7-9-21(25)10-8-20)29-17-26-15-22(29)16-27-11-13-28(14-12-27)19(2)30/h3-10,15,17-19,30H,11-14,16H2,1-2H3. The summed E-state index contributed by atoms with van der Waals surface area (Å²) < 4.78 is 15.6. The average Bonchev–Trinajstić information content (AvgIpc) is 3.22. The Labute approximate surface area is 177 Å². The van der Waals surface area contributed by atoms with Gasteiger partial charge >= 0.3 is 0 Å². The summed E-state index contributed by atoms with van der Waals surface area (Å²) in [5.74, 6) is -0.225. The first kappa shape index (κ1) is 20.7. The molecule has 0 aliphatic carbocycles. The van der Waals surface area contributed by atoms with Crippen LogP contribution >= 0.6 is 0 Å². The Morgan fingerprint density at radius 1 is 1.00 bits per heavy atom. The molecule has 0 bridgehead atoms. The summed E-state index contributed by atoms with van der Waals surface area (Å²) in [5, 5.41) is 9.77. The minimum absolute atomic E-state index is 0.0995. The average molecular weight is 409 g/mol. The summed E-state index contributed by atoms with van der Waals surface area (Å²) in [7, 11) is 0. The van der Waals surface area contributed by atoms with Crippen molar-refractivity contribution in [2.24, 2.45) is 0 Å². The fraction of sp³-hybridized carbons (Fsp3) is 0.375. The second-order valence-electron chi connectivity index (χ2n) is 8.01. The number of piperazine rings is 1. The largest absolute Gasteiger partial charge is 0.379 e. The molecule has 6 heteroatoms. The maximum absolute atomic E-state index is 13.4. The topological polar surface area (TPSA) is 44.5 Å². The number of nitrogens with zero attached hydrogens (tertiary/aromatic N) is 4. The van der Waals surface area contributed by atoms with E-state index in [1.54, 1.807) is 0 Å². The van der Waals surface area contributed by atoms with E-state index >= 15 is 0 Å². The van der Waals surface area contributed by atoms with Gasteiger partial charge in [-0.1, -0.05) is 36.4 Å². The van der Waals surface area contributed by atoms with Gasteiger partial charge in [0, 0.05) is 38.9 Å². The Morgan fingerprint density at radius 3 is 2.40 bits per heavy atom. The van der Waals surface area contributed by atoms with Crippen molar-refractivity contribution >= 4 is 0 Å². The first-order chi connectivity index (χ1) is 14.5. The Bertz CT molecular complexity index is 961. The van der Waals surface area contributed by atoms with Gasteiger partial charge in [-0.15, -0.1) is 0 Å². The molecule has 0 amide bonds. The second-order valence-corrected chi connectivity index (χ2v) is 8.01. The number of aromatic nitrogens is 2. The molecule has 5 nitrogen and oxygen atoms in total. The zero-order valence-electron chi connectivity index (χ0n) is 17.6. The first-order valence-corrected chi connectivity index (χ1v) is 10.5. The molecule has 1 aromatic heterocycles. The number of imidazole rings is 1. The summed E-state index contributed by atoms with van der Waals surface area (Å²) in [6.07, 6.45) is 3.45. The van der Waals surface area contributed by atoms with Crippen molar-refractivity contribution < 1.29 is 9.50 Å². The highest BCUT2D eigenvalue weighted by atomic mass is 19.1. The van der Waals surface area contributed by atoms with Crippen LogP contribution in [0.3, 0.4) is 0 Å². The summed E-state index contributed by atoms with van der Waals surface area (Å²) in [4.78, 5) is 8.93. The van der Waals surface area contributed by atoms with Crippen LogP contribution in [-0.4, -0.2) is 56.9 Å². The van der Waals surface area contributed by atoms with Gasteiger partial charge in [0.25, 0.3) is 0 Å². The van der Waals surface area contributed by atoms with Crippen molar-refractivity contribution in [2.45, 2.75) is 32.7 Å². The van der Waals surface area contributed by atoms with E-state index in [0.717, 1.165) is 43.9 Å². The van der Waals surface area contributed by atoms with E-state index < -0.39 is 0 Å². The Morgan fingerprint density at radius 2 is 1.70 bits per heavy atom. The molecule has 1 aliphatic heterocycles. The smallest absolute Gasteiger partial charge is 0.123 e. The van der Waals surface area contributed by atoms with Gasteiger partial charge in [-0.25, -0.2) is 9.37 Å². The van der Waals surface area contributed by atoms with Crippen LogP contribution in [0.5, 0.6) is 0 Å². The molecule has 2 aromatic carbocycles. The summed E-state index contributed by atoms with van der Waals surface area (Å²) in [5.41, 5.74) is 4.47. The first-order valence-electron chi connectivity index (χ1n) is 10.5. The van der Waals surface area contributed by atoms with E-state index in [9.17, 15) is 9.50 Å². The van der Waals surface area contributed by atoms with Crippen LogP contribution in [0.25, 0.3) is 11.1 Å². The highest BCUT2D eigenvalue weighted by molar-refractivity contribution is 5.68. The predicted molar refractivity (Wildman–Crippen MR) is 116 cm³/mol. The number of benzene rings is 2. The van der Waals surface area contributed by atoms with Gasteiger partial charge in [-0.2, -0.15) is 0 Å². The molecule has 30 heavy (non-hydrogen) atoms. The quantitative estimate of drug-likeness (QED) is 0.675. The number of hydrogen-bond acceptors (Lipinski definition) is 4. The predicted octanol–water partition coefficient (Wildman–Crippen LogP) is 3.75. The Balaban J connectivity index is 1.54. The van der Waals surface area contributed by atoms with Crippen LogP contribution in [0.2, 0.25) is 0 Å². The minimum atomic E-state index is -0.388. The van der Waals surface area contributed by atoms with Gasteiger partial charge in [0.1, 0.15) is 12.0 Å². The summed E-state index contributed by atoms with van der Waals surface area (Å²) in [6.45, 7) is 8.43. The van der Waals surface area contributed by atoms with Crippen LogP contribution in [0.1, 0.15) is 31.1 Å². The van der Waals surface area contributed by atoms with Crippen molar-refractivity contribution in [1.29, 1.82) is 0 Å².